The van der Waals surface area contributed by atoms with Gasteiger partial charge in [-0.05, 0) is 0 Å². The fourth-order valence-electron chi connectivity index (χ4n) is 4.36. The summed E-state index contributed by atoms with van der Waals surface area (Å²) in [6, 6.07) is 18.0. The van der Waals surface area contributed by atoms with Crippen molar-refractivity contribution in [3.8, 4) is 11.1 Å². The molecule has 0 heterocycles. The number of halogens is 2. The summed E-state index contributed by atoms with van der Waals surface area (Å²) in [5.74, 6) is 0. The van der Waals surface area contributed by atoms with Gasteiger partial charge in [0.15, 0.2) is 0 Å². The molecule has 0 amide bonds. The summed E-state index contributed by atoms with van der Waals surface area (Å²) in [5.41, 5.74) is 5.95. The number of allylic oxidation sites excluding steroid dienone is 1. The Morgan fingerprint density at radius 2 is 1.35 bits per heavy atom. The molecule has 2 aromatic carbocycles. The smallest absolute Gasteiger partial charge is 0.147 e. The standard InChI is InChI=1S/C27H36P.2ClH.Hf/c1-3-5-7-12-19-28(20-13-8-6-4-2)25-21-24-17-14-18-26(27(24)22-25)23-15-10-9-11-16-23;;;/h9-11,14-18,21-22H,3-8,12-13,19-20H2,1-2H3;2*1H;. The van der Waals surface area contributed by atoms with E-state index >= 15 is 0 Å². The van der Waals surface area contributed by atoms with Gasteiger partial charge in [0.05, 0.1) is 0 Å². The normalized spacial score (nSPS) is 14.5. The third-order valence-electron chi connectivity index (χ3n) is 6.05. The third kappa shape index (κ3) is 8.10. The summed E-state index contributed by atoms with van der Waals surface area (Å²) in [4.78, 5) is 0. The molecule has 1 aliphatic carbocycles. The van der Waals surface area contributed by atoms with Gasteiger partial charge in [0.1, 0.15) is 0 Å². The molecule has 2 aromatic rings. The van der Waals surface area contributed by atoms with E-state index in [1.54, 1.807) is 5.56 Å². The third-order valence-corrected chi connectivity index (χ3v) is 12.0. The topological polar surface area (TPSA) is 0 Å². The molecule has 0 saturated heterocycles. The van der Waals surface area contributed by atoms with Gasteiger partial charge < -0.3 is 0 Å². The van der Waals surface area contributed by atoms with Crippen molar-refractivity contribution in [3.05, 3.63) is 65.0 Å². The molecular weight excluding hydrogens is 605 g/mol. The molecule has 0 bridgehead atoms. The Morgan fingerprint density at radius 3 is 1.94 bits per heavy atom. The molecule has 0 radical (unpaired) electrons. The van der Waals surface area contributed by atoms with E-state index in [0.717, 1.165) is 3.67 Å². The van der Waals surface area contributed by atoms with Crippen LogP contribution in [-0.2, 0) is 24.4 Å². The molecule has 0 aliphatic heterocycles. The second-order valence-corrected chi connectivity index (χ2v) is 12.8. The number of benzene rings is 2. The summed E-state index contributed by atoms with van der Waals surface area (Å²) in [6.07, 6.45) is 16.8. The molecule has 0 fully saturated rings. The van der Waals surface area contributed by atoms with Gasteiger partial charge in [-0.1, -0.05) is 0 Å². The first-order valence-electron chi connectivity index (χ1n) is 11.6. The molecule has 0 spiro atoms. The van der Waals surface area contributed by atoms with Crippen molar-refractivity contribution in [3.63, 3.8) is 0 Å². The Kier molecular flexibility index (Phi) is 14.8. The summed E-state index contributed by atoms with van der Waals surface area (Å²) in [7, 11) is 0.0338. The Labute approximate surface area is 219 Å². The van der Waals surface area contributed by atoms with Crippen molar-refractivity contribution >= 4 is 38.8 Å². The van der Waals surface area contributed by atoms with Crippen LogP contribution in [0, 0.1) is 0 Å². The molecule has 3 rings (SSSR count). The van der Waals surface area contributed by atoms with E-state index in [-0.39, 0.29) is 32.7 Å². The monoisotopic (exact) mass is 643 g/mol. The van der Waals surface area contributed by atoms with E-state index in [4.69, 9.17) is 0 Å². The minimum Gasteiger partial charge on any atom is -0.147 e. The molecule has 0 aromatic heterocycles. The molecule has 169 valence electrons. The fraction of sp³-hybridized carbons (Fsp3) is 0.481. The van der Waals surface area contributed by atoms with Gasteiger partial charge in [-0.25, -0.2) is 0 Å². The maximum absolute atomic E-state index is 2.64. The zero-order valence-corrected chi connectivity index (χ0v) is 25.2. The Balaban J connectivity index is 0.00000240. The number of fused-ring (bicyclic) bond motifs is 1. The van der Waals surface area contributed by atoms with Crippen LogP contribution in [0.25, 0.3) is 17.2 Å². The second kappa shape index (κ2) is 15.8. The van der Waals surface area contributed by atoms with Gasteiger partial charge >= 0.3 is 196 Å². The summed E-state index contributed by atoms with van der Waals surface area (Å²) in [6.45, 7) is 4.64. The van der Waals surface area contributed by atoms with E-state index in [2.05, 4.69) is 68.5 Å². The zero-order valence-electron chi connectivity index (χ0n) is 19.1. The molecule has 1 atom stereocenters. The van der Waals surface area contributed by atoms with Gasteiger partial charge in [0.2, 0.25) is 0 Å². The predicted octanol–water partition coefficient (Wildman–Crippen LogP) is 9.78. The van der Waals surface area contributed by atoms with Crippen molar-refractivity contribution in [1.29, 1.82) is 0 Å². The summed E-state index contributed by atoms with van der Waals surface area (Å²) < 4.78 is 0.733. The zero-order chi connectivity index (χ0) is 20.5. The fourth-order valence-corrected chi connectivity index (χ4v) is 10.3. The van der Waals surface area contributed by atoms with Crippen LogP contribution in [0.1, 0.15) is 80.0 Å². The van der Waals surface area contributed by atoms with Gasteiger partial charge in [0, 0.05) is 0 Å². The molecule has 31 heavy (non-hydrogen) atoms. The van der Waals surface area contributed by atoms with Gasteiger partial charge in [-0.2, -0.15) is 0 Å². The van der Waals surface area contributed by atoms with E-state index in [0.29, 0.717) is 0 Å². The van der Waals surface area contributed by atoms with Crippen LogP contribution < -0.4 is 0 Å². The van der Waals surface area contributed by atoms with Crippen molar-refractivity contribution in [2.24, 2.45) is 0 Å². The van der Waals surface area contributed by atoms with Crippen LogP contribution in [-0.4, -0.2) is 12.3 Å². The van der Waals surface area contributed by atoms with Crippen LogP contribution in [0.2, 0.25) is 0 Å². The average molecular weight is 643 g/mol. The molecule has 0 unspecified atom stereocenters. The summed E-state index contributed by atoms with van der Waals surface area (Å²) in [5, 5.41) is 1.83. The minimum absolute atomic E-state index is 0. The predicted molar refractivity (Wildman–Crippen MR) is 142 cm³/mol. The largest absolute Gasteiger partial charge is 0.147 e. The van der Waals surface area contributed by atoms with Crippen LogP contribution in [0.15, 0.2) is 53.8 Å². The first kappa shape index (κ1) is 29.1. The number of hydrogen-bond acceptors (Lipinski definition) is 0. The van der Waals surface area contributed by atoms with Crippen molar-refractivity contribution in [2.75, 3.05) is 12.3 Å². The van der Waals surface area contributed by atoms with Crippen LogP contribution >= 0.6 is 32.7 Å². The maximum Gasteiger partial charge on any atom is -0.147 e. The van der Waals surface area contributed by atoms with Crippen molar-refractivity contribution in [2.45, 2.75) is 68.9 Å². The average Bonchev–Trinajstić information content (AvgIpc) is 3.10. The van der Waals surface area contributed by atoms with Crippen LogP contribution in [0.4, 0.5) is 0 Å². The number of rotatable bonds is 12. The Bertz CT molecular complexity index is 779. The SMILES string of the molecule is CCCCCCP(CCCCCC)C1=Cc2c(-c3ccccc3)cccc2[C@@H]1[Hf].Cl.Cl. The summed E-state index contributed by atoms with van der Waals surface area (Å²) >= 11 is 1.24. The van der Waals surface area contributed by atoms with Gasteiger partial charge in [-0.3, -0.25) is 0 Å². The number of hydrogen-bond donors (Lipinski definition) is 0. The van der Waals surface area contributed by atoms with Crippen molar-refractivity contribution < 1.29 is 24.4 Å². The van der Waals surface area contributed by atoms with Crippen LogP contribution in [0.3, 0.4) is 0 Å². The van der Waals surface area contributed by atoms with E-state index in [9.17, 15) is 0 Å². The quantitative estimate of drug-likeness (QED) is 0.123. The van der Waals surface area contributed by atoms with Crippen LogP contribution in [0.5, 0.6) is 0 Å². The molecule has 4 heteroatoms. The molecule has 0 N–H and O–H groups in total. The van der Waals surface area contributed by atoms with Gasteiger partial charge in [0.25, 0.3) is 0 Å². The Hall–Kier alpha value is 0.0601. The molecule has 1 aliphatic rings. The maximum atomic E-state index is 2.64. The first-order valence-corrected chi connectivity index (χ1v) is 15.4. The van der Waals surface area contributed by atoms with Crippen molar-refractivity contribution in [1.82, 2.24) is 0 Å². The molecular formula is C27H38Cl2HfP. The molecule has 0 nitrogen and oxygen atoms in total. The van der Waals surface area contributed by atoms with E-state index in [1.807, 2.05) is 5.31 Å². The van der Waals surface area contributed by atoms with Gasteiger partial charge in [-0.15, -0.1) is 24.8 Å². The Morgan fingerprint density at radius 1 is 0.742 bits per heavy atom. The van der Waals surface area contributed by atoms with E-state index < -0.39 is 0 Å². The minimum atomic E-state index is 0. The first-order chi connectivity index (χ1) is 14.3. The number of unbranched alkanes of at least 4 members (excludes halogenated alkanes) is 6. The van der Waals surface area contributed by atoms with E-state index in [1.165, 1.54) is 105 Å². The molecule has 0 saturated carbocycles. The second-order valence-electron chi connectivity index (χ2n) is 8.29.